The SMILES string of the molecule is CCC1CCCCC1OC(=O)OOOC(=O)c1ccc(C)cc1C. The van der Waals surface area contributed by atoms with Gasteiger partial charge in [0.2, 0.25) is 0 Å². The predicted octanol–water partition coefficient (Wildman–Crippen LogP) is 4.43. The van der Waals surface area contributed by atoms with E-state index < -0.39 is 12.1 Å². The predicted molar refractivity (Wildman–Crippen MR) is 86.0 cm³/mol. The van der Waals surface area contributed by atoms with Crippen molar-refractivity contribution in [3.8, 4) is 0 Å². The number of benzene rings is 1. The Labute approximate surface area is 141 Å². The molecular weight excluding hydrogens is 312 g/mol. The molecule has 0 bridgehead atoms. The third-order valence-corrected chi connectivity index (χ3v) is 4.42. The van der Waals surface area contributed by atoms with Gasteiger partial charge in [-0.2, -0.15) is 0 Å². The molecule has 1 aromatic rings. The Hall–Kier alpha value is -2.08. The lowest BCUT2D eigenvalue weighted by atomic mass is 9.85. The van der Waals surface area contributed by atoms with Crippen LogP contribution >= 0.6 is 0 Å². The van der Waals surface area contributed by atoms with E-state index in [4.69, 9.17) is 4.74 Å². The molecule has 1 aliphatic rings. The summed E-state index contributed by atoms with van der Waals surface area (Å²) in [6.45, 7) is 5.78. The van der Waals surface area contributed by atoms with Crippen LogP contribution < -0.4 is 0 Å². The zero-order valence-electron chi connectivity index (χ0n) is 14.4. The average Bonchev–Trinajstić information content (AvgIpc) is 2.55. The van der Waals surface area contributed by atoms with Gasteiger partial charge in [-0.15, -0.1) is 0 Å². The molecule has 24 heavy (non-hydrogen) atoms. The van der Waals surface area contributed by atoms with Gasteiger partial charge < -0.3 is 4.74 Å². The van der Waals surface area contributed by atoms with Gasteiger partial charge in [0, 0.05) is 0 Å². The highest BCUT2D eigenvalue weighted by Crippen LogP contribution is 2.29. The lowest BCUT2D eigenvalue weighted by Gasteiger charge is -2.29. The summed E-state index contributed by atoms with van der Waals surface area (Å²) in [5.74, 6) is -0.395. The Balaban J connectivity index is 1.76. The first-order valence-corrected chi connectivity index (χ1v) is 8.34. The van der Waals surface area contributed by atoms with Crippen molar-refractivity contribution in [2.45, 2.75) is 59.0 Å². The molecule has 1 aromatic carbocycles. The minimum Gasteiger partial charge on any atom is -0.429 e. The maximum absolute atomic E-state index is 11.9. The van der Waals surface area contributed by atoms with Crippen molar-refractivity contribution in [3.05, 3.63) is 34.9 Å². The second-order valence-electron chi connectivity index (χ2n) is 6.20. The molecule has 0 amide bonds. The Bertz CT molecular complexity index is 583. The van der Waals surface area contributed by atoms with E-state index in [9.17, 15) is 9.59 Å². The molecule has 1 fully saturated rings. The molecule has 0 aromatic heterocycles. The van der Waals surface area contributed by atoms with Crippen LogP contribution in [0.2, 0.25) is 0 Å². The van der Waals surface area contributed by atoms with Crippen molar-refractivity contribution in [1.82, 2.24) is 0 Å². The van der Waals surface area contributed by atoms with Crippen LogP contribution in [0.15, 0.2) is 18.2 Å². The van der Waals surface area contributed by atoms with E-state index in [1.54, 1.807) is 19.1 Å². The van der Waals surface area contributed by atoms with Crippen LogP contribution in [0.25, 0.3) is 0 Å². The quantitative estimate of drug-likeness (QED) is 0.450. The van der Waals surface area contributed by atoms with E-state index in [2.05, 4.69) is 21.7 Å². The normalized spacial score (nSPS) is 20.3. The summed E-state index contributed by atoms with van der Waals surface area (Å²) >= 11 is 0. The fourth-order valence-electron chi connectivity index (χ4n) is 3.10. The van der Waals surface area contributed by atoms with Gasteiger partial charge in [0.25, 0.3) is 0 Å². The molecule has 6 heteroatoms. The van der Waals surface area contributed by atoms with E-state index in [1.165, 1.54) is 0 Å². The minimum atomic E-state index is -0.992. The topological polar surface area (TPSA) is 71.1 Å². The van der Waals surface area contributed by atoms with E-state index in [0.29, 0.717) is 11.5 Å². The average molecular weight is 336 g/mol. The smallest absolute Gasteiger partial charge is 0.429 e. The Morgan fingerprint density at radius 1 is 1.12 bits per heavy atom. The van der Waals surface area contributed by atoms with Crippen molar-refractivity contribution in [1.29, 1.82) is 0 Å². The molecule has 6 nitrogen and oxygen atoms in total. The molecule has 0 radical (unpaired) electrons. The summed E-state index contributed by atoms with van der Waals surface area (Å²) in [6, 6.07) is 5.26. The number of hydrogen-bond donors (Lipinski definition) is 0. The van der Waals surface area contributed by atoms with Crippen LogP contribution in [0.4, 0.5) is 4.79 Å². The Morgan fingerprint density at radius 2 is 1.88 bits per heavy atom. The first-order valence-electron chi connectivity index (χ1n) is 8.34. The lowest BCUT2D eigenvalue weighted by molar-refractivity contribution is -0.453. The third-order valence-electron chi connectivity index (χ3n) is 4.42. The summed E-state index contributed by atoms with van der Waals surface area (Å²) in [5.41, 5.74) is 2.12. The van der Waals surface area contributed by atoms with Crippen molar-refractivity contribution in [2.24, 2.45) is 5.92 Å². The van der Waals surface area contributed by atoms with Crippen LogP contribution in [0.1, 0.15) is 60.5 Å². The fraction of sp³-hybridized carbons (Fsp3) is 0.556. The van der Waals surface area contributed by atoms with Gasteiger partial charge in [-0.05, 0) is 57.1 Å². The van der Waals surface area contributed by atoms with Crippen molar-refractivity contribution in [3.63, 3.8) is 0 Å². The molecule has 0 aliphatic heterocycles. The van der Waals surface area contributed by atoms with Crippen LogP contribution in [0.5, 0.6) is 0 Å². The fourth-order valence-corrected chi connectivity index (χ4v) is 3.10. The van der Waals surface area contributed by atoms with E-state index in [0.717, 1.165) is 43.2 Å². The van der Waals surface area contributed by atoms with Crippen LogP contribution in [-0.2, 0) is 19.6 Å². The minimum absolute atomic E-state index is 0.171. The summed E-state index contributed by atoms with van der Waals surface area (Å²) < 4.78 is 5.24. The summed E-state index contributed by atoms with van der Waals surface area (Å²) in [7, 11) is 0. The zero-order chi connectivity index (χ0) is 17.5. The first-order chi connectivity index (χ1) is 11.5. The van der Waals surface area contributed by atoms with Crippen LogP contribution in [0, 0.1) is 19.8 Å². The summed E-state index contributed by atoms with van der Waals surface area (Å²) in [4.78, 5) is 32.4. The Kier molecular flexibility index (Phi) is 6.61. The highest BCUT2D eigenvalue weighted by Gasteiger charge is 2.28. The molecule has 1 aliphatic carbocycles. The largest absolute Gasteiger partial charge is 0.543 e. The van der Waals surface area contributed by atoms with Gasteiger partial charge in [0.1, 0.15) is 6.10 Å². The third kappa shape index (κ3) is 4.96. The summed E-state index contributed by atoms with van der Waals surface area (Å²) in [6.07, 6.45) is 3.81. The number of carbonyl (C=O) groups excluding carboxylic acids is 2. The van der Waals surface area contributed by atoms with Gasteiger partial charge in [0.15, 0.2) is 0 Å². The molecule has 2 rings (SSSR count). The monoisotopic (exact) mass is 336 g/mol. The van der Waals surface area contributed by atoms with Crippen molar-refractivity contribution in [2.75, 3.05) is 0 Å². The van der Waals surface area contributed by atoms with E-state index in [-0.39, 0.29) is 6.10 Å². The molecule has 0 N–H and O–H groups in total. The van der Waals surface area contributed by atoms with Crippen LogP contribution in [0.3, 0.4) is 0 Å². The Morgan fingerprint density at radius 3 is 2.58 bits per heavy atom. The number of rotatable bonds is 5. The maximum Gasteiger partial charge on any atom is 0.543 e. The first kappa shape index (κ1) is 18.3. The van der Waals surface area contributed by atoms with Gasteiger partial charge >= 0.3 is 12.1 Å². The van der Waals surface area contributed by atoms with Crippen LogP contribution in [-0.4, -0.2) is 18.2 Å². The molecule has 1 saturated carbocycles. The van der Waals surface area contributed by atoms with Gasteiger partial charge in [-0.3, -0.25) is 4.89 Å². The molecule has 2 atom stereocenters. The number of ether oxygens (including phenoxy) is 1. The van der Waals surface area contributed by atoms with Gasteiger partial charge in [-0.25, -0.2) is 14.5 Å². The van der Waals surface area contributed by atoms with Crippen molar-refractivity contribution >= 4 is 12.1 Å². The lowest BCUT2D eigenvalue weighted by Crippen LogP contribution is -2.30. The zero-order valence-corrected chi connectivity index (χ0v) is 14.4. The molecule has 0 spiro atoms. The molecular formula is C18H24O6. The maximum atomic E-state index is 11.9. The number of aryl methyl sites for hydroxylation is 2. The number of hydrogen-bond acceptors (Lipinski definition) is 6. The standard InChI is InChI=1S/C18H24O6/c1-4-14-7-5-6-8-16(14)21-18(20)23-24-22-17(19)15-10-9-12(2)11-13(15)3/h9-11,14,16H,4-8H2,1-3H3. The molecule has 0 saturated heterocycles. The number of carbonyl (C=O) groups is 2. The second kappa shape index (κ2) is 8.68. The second-order valence-corrected chi connectivity index (χ2v) is 6.20. The summed E-state index contributed by atoms with van der Waals surface area (Å²) in [5, 5.41) is 4.28. The molecule has 0 heterocycles. The highest BCUT2D eigenvalue weighted by atomic mass is 17.5. The van der Waals surface area contributed by atoms with Gasteiger partial charge in [0.05, 0.1) is 10.6 Å². The van der Waals surface area contributed by atoms with E-state index in [1.807, 2.05) is 13.0 Å². The van der Waals surface area contributed by atoms with Gasteiger partial charge in [-0.1, -0.05) is 31.0 Å². The molecule has 2 unspecified atom stereocenters. The molecule has 132 valence electrons. The highest BCUT2D eigenvalue weighted by molar-refractivity contribution is 5.90. The van der Waals surface area contributed by atoms with Crippen molar-refractivity contribution < 1.29 is 29.1 Å². The van der Waals surface area contributed by atoms with E-state index >= 15 is 0 Å².